The van der Waals surface area contributed by atoms with Crippen molar-refractivity contribution in [3.63, 3.8) is 0 Å². The van der Waals surface area contributed by atoms with Crippen LogP contribution in [0.4, 0.5) is 0 Å². The first-order valence-electron chi connectivity index (χ1n) is 9.50. The molecule has 1 aliphatic heterocycles. The zero-order chi connectivity index (χ0) is 15.3. The molecule has 0 amide bonds. The van der Waals surface area contributed by atoms with Gasteiger partial charge in [-0.1, -0.05) is 30.3 Å². The van der Waals surface area contributed by atoms with Gasteiger partial charge in [-0.05, 0) is 73.2 Å². The van der Waals surface area contributed by atoms with Crippen molar-refractivity contribution in [3.8, 4) is 0 Å². The van der Waals surface area contributed by atoms with Gasteiger partial charge in [-0.2, -0.15) is 0 Å². The van der Waals surface area contributed by atoms with Gasteiger partial charge in [0.25, 0.3) is 0 Å². The molecule has 124 valence electrons. The number of hydrogen-bond acceptors (Lipinski definition) is 2. The number of ether oxygens (including phenoxy) is 2. The third-order valence-corrected chi connectivity index (χ3v) is 7.05. The van der Waals surface area contributed by atoms with E-state index in [0.29, 0.717) is 16.9 Å². The van der Waals surface area contributed by atoms with Crippen LogP contribution in [0.15, 0.2) is 30.3 Å². The molecular weight excluding hydrogens is 284 g/mol. The normalized spacial score (nSPS) is 43.7. The van der Waals surface area contributed by atoms with Crippen LogP contribution in [-0.2, 0) is 14.9 Å². The van der Waals surface area contributed by atoms with Gasteiger partial charge in [-0.25, -0.2) is 0 Å². The van der Waals surface area contributed by atoms with Gasteiger partial charge in [0.2, 0.25) is 0 Å². The molecule has 1 aromatic carbocycles. The monoisotopic (exact) mass is 312 g/mol. The lowest BCUT2D eigenvalue weighted by atomic mass is 9.42. The second kappa shape index (κ2) is 5.32. The van der Waals surface area contributed by atoms with Gasteiger partial charge >= 0.3 is 0 Å². The van der Waals surface area contributed by atoms with Gasteiger partial charge in [0, 0.05) is 6.61 Å². The standard InChI is InChI=1S/C21H28O2/c1-2-4-18(5-3-1)21-11-16-8-17(12-21)10-20(9-16,15-21)6-7-22-13-19-14-23-19/h1-5,16-17,19H,6-15H2/t16?,17?,19-,20?,21?/m1/s1. The Kier molecular flexibility index (Phi) is 3.35. The molecule has 1 heterocycles. The Morgan fingerprint density at radius 2 is 1.78 bits per heavy atom. The zero-order valence-electron chi connectivity index (χ0n) is 14.0. The second-order valence-electron chi connectivity index (χ2n) is 8.89. The number of benzene rings is 1. The van der Waals surface area contributed by atoms with Crippen LogP contribution in [-0.4, -0.2) is 25.9 Å². The van der Waals surface area contributed by atoms with Gasteiger partial charge in [0.15, 0.2) is 0 Å². The summed E-state index contributed by atoms with van der Waals surface area (Å²) < 4.78 is 11.2. The van der Waals surface area contributed by atoms with E-state index in [0.717, 1.165) is 31.7 Å². The largest absolute Gasteiger partial charge is 0.379 e. The number of rotatable bonds is 6. The fourth-order valence-corrected chi connectivity index (χ4v) is 6.54. The molecular formula is C21H28O2. The number of epoxide rings is 1. The third kappa shape index (κ3) is 2.64. The highest BCUT2D eigenvalue weighted by Gasteiger charge is 2.57. The molecule has 23 heavy (non-hydrogen) atoms. The molecule has 3 atom stereocenters. The first-order valence-corrected chi connectivity index (χ1v) is 9.50. The summed E-state index contributed by atoms with van der Waals surface area (Å²) in [5, 5.41) is 0. The summed E-state index contributed by atoms with van der Waals surface area (Å²) in [7, 11) is 0. The highest BCUT2D eigenvalue weighted by Crippen LogP contribution is 2.66. The van der Waals surface area contributed by atoms with E-state index in [-0.39, 0.29) is 0 Å². The Labute approximate surface area is 139 Å². The molecule has 1 saturated heterocycles. The molecule has 0 spiro atoms. The van der Waals surface area contributed by atoms with E-state index in [1.54, 1.807) is 5.56 Å². The average Bonchev–Trinajstić information content (AvgIpc) is 3.36. The zero-order valence-corrected chi connectivity index (χ0v) is 14.0. The lowest BCUT2D eigenvalue weighted by Gasteiger charge is -2.62. The maximum absolute atomic E-state index is 5.91. The lowest BCUT2D eigenvalue weighted by molar-refractivity contribution is -0.0862. The summed E-state index contributed by atoms with van der Waals surface area (Å²) in [4.78, 5) is 0. The first kappa shape index (κ1) is 14.5. The first-order chi connectivity index (χ1) is 11.3. The predicted octanol–water partition coefficient (Wildman–Crippen LogP) is 4.33. The van der Waals surface area contributed by atoms with Crippen LogP contribution >= 0.6 is 0 Å². The Morgan fingerprint density at radius 3 is 2.48 bits per heavy atom. The molecule has 4 saturated carbocycles. The van der Waals surface area contributed by atoms with Crippen LogP contribution in [0.3, 0.4) is 0 Å². The van der Waals surface area contributed by atoms with E-state index >= 15 is 0 Å². The average molecular weight is 312 g/mol. The Bertz CT molecular complexity index is 548. The molecule has 5 fully saturated rings. The number of hydrogen-bond donors (Lipinski definition) is 0. The van der Waals surface area contributed by atoms with Crippen LogP contribution in [0.1, 0.15) is 50.5 Å². The molecule has 2 heteroatoms. The molecule has 4 aliphatic carbocycles. The molecule has 4 bridgehead atoms. The fourth-order valence-electron chi connectivity index (χ4n) is 6.54. The van der Waals surface area contributed by atoms with E-state index in [1.807, 2.05) is 0 Å². The van der Waals surface area contributed by atoms with Crippen molar-refractivity contribution >= 4 is 0 Å². The minimum atomic E-state index is 0.405. The Hall–Kier alpha value is -0.860. The van der Waals surface area contributed by atoms with Crippen molar-refractivity contribution in [3.05, 3.63) is 35.9 Å². The highest BCUT2D eigenvalue weighted by atomic mass is 16.6. The van der Waals surface area contributed by atoms with Gasteiger partial charge in [0.05, 0.1) is 13.2 Å². The molecule has 6 rings (SSSR count). The fraction of sp³-hybridized carbons (Fsp3) is 0.714. The van der Waals surface area contributed by atoms with E-state index < -0.39 is 0 Å². The maximum atomic E-state index is 5.91. The molecule has 2 nitrogen and oxygen atoms in total. The predicted molar refractivity (Wildman–Crippen MR) is 90.4 cm³/mol. The van der Waals surface area contributed by atoms with Crippen LogP contribution in [0.25, 0.3) is 0 Å². The molecule has 0 radical (unpaired) electrons. The van der Waals surface area contributed by atoms with Crippen LogP contribution < -0.4 is 0 Å². The summed E-state index contributed by atoms with van der Waals surface area (Å²) in [6.45, 7) is 2.66. The minimum absolute atomic E-state index is 0.405. The van der Waals surface area contributed by atoms with Gasteiger partial charge in [-0.3, -0.25) is 0 Å². The van der Waals surface area contributed by atoms with E-state index in [9.17, 15) is 0 Å². The summed E-state index contributed by atoms with van der Waals surface area (Å²) in [6, 6.07) is 11.4. The summed E-state index contributed by atoms with van der Waals surface area (Å²) in [5.74, 6) is 1.92. The Morgan fingerprint density at radius 1 is 1.04 bits per heavy atom. The third-order valence-electron chi connectivity index (χ3n) is 7.05. The molecule has 0 aromatic heterocycles. The van der Waals surface area contributed by atoms with E-state index in [1.165, 1.54) is 44.9 Å². The summed E-state index contributed by atoms with van der Waals surface area (Å²) >= 11 is 0. The van der Waals surface area contributed by atoms with Gasteiger partial charge in [-0.15, -0.1) is 0 Å². The van der Waals surface area contributed by atoms with Crippen LogP contribution in [0, 0.1) is 17.3 Å². The summed E-state index contributed by atoms with van der Waals surface area (Å²) in [5.41, 5.74) is 2.65. The molecule has 5 aliphatic rings. The van der Waals surface area contributed by atoms with Gasteiger partial charge < -0.3 is 9.47 Å². The lowest BCUT2D eigenvalue weighted by Crippen LogP contribution is -2.54. The van der Waals surface area contributed by atoms with Crippen molar-refractivity contribution in [2.24, 2.45) is 17.3 Å². The van der Waals surface area contributed by atoms with Crippen LogP contribution in [0.5, 0.6) is 0 Å². The van der Waals surface area contributed by atoms with Crippen LogP contribution in [0.2, 0.25) is 0 Å². The topological polar surface area (TPSA) is 21.8 Å². The van der Waals surface area contributed by atoms with Crippen molar-refractivity contribution in [1.82, 2.24) is 0 Å². The molecule has 2 unspecified atom stereocenters. The molecule has 1 aromatic rings. The highest BCUT2D eigenvalue weighted by molar-refractivity contribution is 5.30. The van der Waals surface area contributed by atoms with Crippen molar-refractivity contribution in [2.45, 2.75) is 56.5 Å². The Balaban J connectivity index is 1.34. The SMILES string of the molecule is c1ccc(C23CC4CC(CC(CCOC[C@@H]5CO5)(C4)C2)C3)cc1. The quantitative estimate of drug-likeness (QED) is 0.576. The van der Waals surface area contributed by atoms with Crippen molar-refractivity contribution < 1.29 is 9.47 Å². The second-order valence-corrected chi connectivity index (χ2v) is 8.89. The van der Waals surface area contributed by atoms with Crippen molar-refractivity contribution in [2.75, 3.05) is 19.8 Å². The smallest absolute Gasteiger partial charge is 0.104 e. The van der Waals surface area contributed by atoms with E-state index in [2.05, 4.69) is 30.3 Å². The van der Waals surface area contributed by atoms with Crippen molar-refractivity contribution in [1.29, 1.82) is 0 Å². The maximum Gasteiger partial charge on any atom is 0.104 e. The molecule has 0 N–H and O–H groups in total. The minimum Gasteiger partial charge on any atom is -0.379 e. The van der Waals surface area contributed by atoms with E-state index in [4.69, 9.17) is 9.47 Å². The van der Waals surface area contributed by atoms with Gasteiger partial charge in [0.1, 0.15) is 6.10 Å². The summed E-state index contributed by atoms with van der Waals surface area (Å²) in [6.07, 6.45) is 10.4.